The van der Waals surface area contributed by atoms with E-state index in [-0.39, 0.29) is 0 Å². The van der Waals surface area contributed by atoms with Crippen molar-refractivity contribution in [2.45, 2.75) is 20.0 Å². The summed E-state index contributed by atoms with van der Waals surface area (Å²) in [6.45, 7) is 3.69. The number of rotatable bonds is 7. The first-order valence-corrected chi connectivity index (χ1v) is 12.1. The summed E-state index contributed by atoms with van der Waals surface area (Å²) in [7, 11) is -2.46. The molecular weight excluding hydrogens is 452 g/mol. The Morgan fingerprint density at radius 3 is 2.78 bits per heavy atom. The minimum atomic E-state index is -2.46. The summed E-state index contributed by atoms with van der Waals surface area (Å²) in [5, 5.41) is 8.10. The van der Waals surface area contributed by atoms with Crippen LogP contribution in [0.5, 0.6) is 5.88 Å². The van der Waals surface area contributed by atoms with Gasteiger partial charge in [0.05, 0.1) is 21.6 Å². The fourth-order valence-electron chi connectivity index (χ4n) is 3.05. The second-order valence-corrected chi connectivity index (χ2v) is 9.91. The Morgan fingerprint density at radius 2 is 2.06 bits per heavy atom. The molecule has 0 radical (unpaired) electrons. The quantitative estimate of drug-likeness (QED) is 0.377. The van der Waals surface area contributed by atoms with E-state index in [1.807, 2.05) is 26.0 Å². The molecule has 3 heterocycles. The van der Waals surface area contributed by atoms with Crippen molar-refractivity contribution < 1.29 is 13.5 Å². The van der Waals surface area contributed by atoms with Crippen LogP contribution in [-0.2, 0) is 9.71 Å². The average molecular weight is 473 g/mol. The third-order valence-corrected chi connectivity index (χ3v) is 5.35. The Kier molecular flexibility index (Phi) is 5.90. The predicted molar refractivity (Wildman–Crippen MR) is 127 cm³/mol. The predicted octanol–water partition coefficient (Wildman–Crippen LogP) is 4.53. The number of anilines is 3. The lowest BCUT2D eigenvalue weighted by atomic mass is 10.2. The number of aryl methyl sites for hydroxylation is 1. The fraction of sp³-hybridized carbons (Fsp3) is 0.190. The minimum absolute atomic E-state index is 0.359. The van der Waals surface area contributed by atoms with E-state index in [9.17, 15) is 4.21 Å². The van der Waals surface area contributed by atoms with Crippen LogP contribution >= 0.6 is 11.6 Å². The van der Waals surface area contributed by atoms with Gasteiger partial charge in [-0.15, -0.1) is 0 Å². The van der Waals surface area contributed by atoms with Crippen LogP contribution in [0.15, 0.2) is 47.4 Å². The van der Waals surface area contributed by atoms with Crippen LogP contribution < -0.4 is 14.8 Å². The number of benzene rings is 1. The SMILES string of the molecule is C=S(C)(=O)Nc1cc(Cl)c2c(Nc3cccnc3O[C@H](C)c3cc(C)no3)ncnc2c1. The number of ether oxygens (including phenoxy) is 1. The van der Waals surface area contributed by atoms with E-state index in [0.717, 1.165) is 5.69 Å². The molecule has 0 spiro atoms. The van der Waals surface area contributed by atoms with Gasteiger partial charge in [-0.25, -0.2) is 19.2 Å². The molecule has 0 fully saturated rings. The Morgan fingerprint density at radius 1 is 1.25 bits per heavy atom. The molecule has 0 aliphatic heterocycles. The van der Waals surface area contributed by atoms with Gasteiger partial charge in [-0.05, 0) is 44.0 Å². The fourth-order valence-corrected chi connectivity index (χ4v) is 3.97. The van der Waals surface area contributed by atoms with Gasteiger partial charge in [0.25, 0.3) is 0 Å². The molecule has 2 N–H and O–H groups in total. The molecule has 0 aliphatic carbocycles. The van der Waals surface area contributed by atoms with E-state index < -0.39 is 15.8 Å². The second kappa shape index (κ2) is 8.64. The van der Waals surface area contributed by atoms with E-state index in [0.29, 0.717) is 44.8 Å². The standard InChI is InChI=1S/C21H21ClN6O3S/c1-12-8-18(31-27-12)13(2)30-21-16(6-5-7-23-21)26-20-19-15(22)9-14(28-32(3,4)29)10-17(19)24-11-25-20/h5-11,13H,3H2,1-2,4H3,(H,28,29)(H,24,25,26)/t13-,32?/m1/s1. The van der Waals surface area contributed by atoms with Gasteiger partial charge in [0, 0.05) is 33.9 Å². The summed E-state index contributed by atoms with van der Waals surface area (Å²) >= 11 is 6.53. The van der Waals surface area contributed by atoms with Crippen molar-refractivity contribution >= 4 is 55.3 Å². The topological polar surface area (TPSA) is 115 Å². The smallest absolute Gasteiger partial charge is 0.238 e. The first-order chi connectivity index (χ1) is 15.2. The molecule has 4 aromatic rings. The van der Waals surface area contributed by atoms with Gasteiger partial charge in [-0.1, -0.05) is 16.8 Å². The van der Waals surface area contributed by atoms with Gasteiger partial charge in [-0.2, -0.15) is 0 Å². The molecule has 0 saturated carbocycles. The maximum atomic E-state index is 12.0. The largest absolute Gasteiger partial charge is 0.465 e. The zero-order valence-electron chi connectivity index (χ0n) is 17.6. The van der Waals surface area contributed by atoms with Gasteiger partial charge in [-0.3, -0.25) is 0 Å². The highest BCUT2D eigenvalue weighted by Gasteiger charge is 2.17. The zero-order chi connectivity index (χ0) is 22.9. The molecule has 1 aromatic carbocycles. The van der Waals surface area contributed by atoms with Crippen molar-refractivity contribution in [1.29, 1.82) is 0 Å². The highest BCUT2D eigenvalue weighted by Crippen LogP contribution is 2.35. The van der Waals surface area contributed by atoms with Crippen LogP contribution in [0.4, 0.5) is 17.2 Å². The van der Waals surface area contributed by atoms with Crippen molar-refractivity contribution in [3.63, 3.8) is 0 Å². The summed E-state index contributed by atoms with van der Waals surface area (Å²) in [5.41, 5.74) is 2.47. The summed E-state index contributed by atoms with van der Waals surface area (Å²) in [6.07, 6.45) is 4.14. The maximum absolute atomic E-state index is 12.0. The van der Waals surface area contributed by atoms with E-state index in [1.54, 1.807) is 24.4 Å². The van der Waals surface area contributed by atoms with Crippen LogP contribution in [-0.4, -0.2) is 36.4 Å². The Hall–Kier alpha value is -3.37. The summed E-state index contributed by atoms with van der Waals surface area (Å²) in [5.74, 6) is 5.02. The van der Waals surface area contributed by atoms with Crippen LogP contribution in [0.2, 0.25) is 5.02 Å². The molecule has 0 saturated heterocycles. The first kappa shape index (κ1) is 21.8. The third kappa shape index (κ3) is 4.92. The second-order valence-electron chi connectivity index (χ2n) is 7.29. The van der Waals surface area contributed by atoms with Gasteiger partial charge < -0.3 is 19.3 Å². The monoisotopic (exact) mass is 472 g/mol. The van der Waals surface area contributed by atoms with Gasteiger partial charge in [0.15, 0.2) is 11.9 Å². The Balaban J connectivity index is 1.67. The minimum Gasteiger partial charge on any atom is -0.465 e. The average Bonchev–Trinajstić information content (AvgIpc) is 3.14. The van der Waals surface area contributed by atoms with Crippen LogP contribution in [0.25, 0.3) is 10.9 Å². The molecule has 32 heavy (non-hydrogen) atoms. The highest BCUT2D eigenvalue weighted by atomic mass is 35.5. The van der Waals surface area contributed by atoms with Gasteiger partial charge in [0.2, 0.25) is 5.88 Å². The molecule has 0 aliphatic rings. The normalized spacial score (nSPS) is 14.0. The number of nitrogens with zero attached hydrogens (tertiary/aromatic N) is 4. The number of hydrogen-bond acceptors (Lipinski definition) is 8. The number of hydrogen-bond donors (Lipinski definition) is 2. The van der Waals surface area contributed by atoms with E-state index >= 15 is 0 Å². The highest BCUT2D eigenvalue weighted by molar-refractivity contribution is 8.00. The van der Waals surface area contributed by atoms with Gasteiger partial charge in [0.1, 0.15) is 17.8 Å². The zero-order valence-corrected chi connectivity index (χ0v) is 19.2. The van der Waals surface area contributed by atoms with Crippen LogP contribution in [0.1, 0.15) is 24.5 Å². The lowest BCUT2D eigenvalue weighted by Gasteiger charge is -2.16. The van der Waals surface area contributed by atoms with Crippen molar-refractivity contribution in [2.24, 2.45) is 0 Å². The summed E-state index contributed by atoms with van der Waals surface area (Å²) < 4.78 is 26.1. The molecule has 4 rings (SSSR count). The summed E-state index contributed by atoms with van der Waals surface area (Å²) in [6, 6.07) is 8.79. The van der Waals surface area contributed by atoms with Crippen molar-refractivity contribution in [3.8, 4) is 5.88 Å². The number of nitrogens with one attached hydrogen (secondary N) is 2. The lowest BCUT2D eigenvalue weighted by molar-refractivity contribution is 0.176. The molecular formula is C21H21ClN6O3S. The molecule has 9 nitrogen and oxygen atoms in total. The van der Waals surface area contributed by atoms with Crippen molar-refractivity contribution in [3.05, 3.63) is 59.3 Å². The molecule has 166 valence electrons. The summed E-state index contributed by atoms with van der Waals surface area (Å²) in [4.78, 5) is 13.0. The van der Waals surface area contributed by atoms with Crippen LogP contribution in [0.3, 0.4) is 0 Å². The van der Waals surface area contributed by atoms with Crippen molar-refractivity contribution in [2.75, 3.05) is 16.3 Å². The molecule has 2 atom stereocenters. The van der Waals surface area contributed by atoms with Crippen molar-refractivity contribution in [1.82, 2.24) is 20.1 Å². The lowest BCUT2D eigenvalue weighted by Crippen LogP contribution is -2.09. The Labute approximate surface area is 190 Å². The number of aromatic nitrogens is 4. The first-order valence-electron chi connectivity index (χ1n) is 9.56. The maximum Gasteiger partial charge on any atom is 0.238 e. The number of pyridine rings is 1. The third-order valence-electron chi connectivity index (χ3n) is 4.38. The molecule has 0 bridgehead atoms. The molecule has 1 unspecified atom stereocenters. The van der Waals surface area contributed by atoms with Gasteiger partial charge >= 0.3 is 0 Å². The van der Waals surface area contributed by atoms with E-state index in [2.05, 4.69) is 36.0 Å². The number of fused-ring (bicyclic) bond motifs is 1. The number of halogens is 1. The van der Waals surface area contributed by atoms with E-state index in [4.69, 9.17) is 20.9 Å². The molecule has 0 amide bonds. The molecule has 11 heteroatoms. The molecule has 3 aromatic heterocycles. The Bertz CT molecular complexity index is 1390. The van der Waals surface area contributed by atoms with E-state index in [1.165, 1.54) is 12.6 Å². The van der Waals surface area contributed by atoms with Crippen LogP contribution in [0, 0.1) is 6.92 Å².